The molecule has 0 aliphatic rings. The van der Waals surface area contributed by atoms with Gasteiger partial charge in [0.25, 0.3) is 0 Å². The summed E-state index contributed by atoms with van der Waals surface area (Å²) < 4.78 is 27.6. The fraction of sp³-hybridized carbons (Fsp3) is 0.788. The van der Waals surface area contributed by atoms with Crippen LogP contribution < -0.4 is 9.47 Å². The number of rotatable bonds is 25. The average Bonchev–Trinajstić information content (AvgIpc) is 2.90. The lowest BCUT2D eigenvalue weighted by atomic mass is 9.97. The van der Waals surface area contributed by atoms with Crippen molar-refractivity contribution in [3.05, 3.63) is 23.8 Å². The number of hydrogen-bond donors (Lipinski definition) is 0. The minimum absolute atomic E-state index is 0.247. The van der Waals surface area contributed by atoms with Gasteiger partial charge in [0.1, 0.15) is 18.1 Å². The van der Waals surface area contributed by atoms with Gasteiger partial charge < -0.3 is 23.7 Å². The standard InChI is InChI=1S/C33H58O6/c1-6-7-8-9-10-11-12-13-14-15-16-17-18-19-29-26-30(28-31(27-29)39-32(34)33(2,3)4)38-25-24-37-23-22-36-21-20-35-5/h26-28H,6-25H2,1-5H3. The van der Waals surface area contributed by atoms with E-state index >= 15 is 0 Å². The van der Waals surface area contributed by atoms with E-state index in [1.165, 1.54) is 77.0 Å². The van der Waals surface area contributed by atoms with Gasteiger partial charge >= 0.3 is 5.97 Å². The van der Waals surface area contributed by atoms with Crippen molar-refractivity contribution >= 4 is 5.97 Å². The molecule has 0 N–H and O–H groups in total. The van der Waals surface area contributed by atoms with E-state index in [2.05, 4.69) is 13.0 Å². The van der Waals surface area contributed by atoms with Crippen molar-refractivity contribution in [1.29, 1.82) is 0 Å². The highest BCUT2D eigenvalue weighted by Crippen LogP contribution is 2.27. The Morgan fingerprint density at radius 3 is 1.67 bits per heavy atom. The molecule has 6 heteroatoms. The van der Waals surface area contributed by atoms with Crippen molar-refractivity contribution < 1.29 is 28.5 Å². The Balaban J connectivity index is 2.37. The predicted molar refractivity (Wildman–Crippen MR) is 160 cm³/mol. The topological polar surface area (TPSA) is 63.2 Å². The van der Waals surface area contributed by atoms with Gasteiger partial charge in [0.05, 0.1) is 38.4 Å². The molecule has 0 heterocycles. The Hall–Kier alpha value is -1.63. The second kappa shape index (κ2) is 23.1. The van der Waals surface area contributed by atoms with E-state index in [0.717, 1.165) is 18.4 Å². The fourth-order valence-electron chi connectivity index (χ4n) is 4.21. The van der Waals surface area contributed by atoms with Crippen LogP contribution in [0.3, 0.4) is 0 Å². The molecule has 0 saturated carbocycles. The van der Waals surface area contributed by atoms with E-state index in [4.69, 9.17) is 23.7 Å². The SMILES string of the molecule is CCCCCCCCCCCCCCCc1cc(OCCOCCOCCOC)cc(OC(=O)C(C)(C)C)c1. The quantitative estimate of drug-likeness (QED) is 0.0693. The van der Waals surface area contributed by atoms with E-state index in [-0.39, 0.29) is 5.97 Å². The van der Waals surface area contributed by atoms with Crippen molar-refractivity contribution in [2.75, 3.05) is 46.8 Å². The van der Waals surface area contributed by atoms with Crippen molar-refractivity contribution in [2.24, 2.45) is 5.41 Å². The van der Waals surface area contributed by atoms with Crippen LogP contribution in [-0.2, 0) is 25.4 Å². The van der Waals surface area contributed by atoms with Crippen LogP contribution in [0, 0.1) is 5.41 Å². The fourth-order valence-corrected chi connectivity index (χ4v) is 4.21. The molecule has 39 heavy (non-hydrogen) atoms. The summed E-state index contributed by atoms with van der Waals surface area (Å²) >= 11 is 0. The first-order valence-electron chi connectivity index (χ1n) is 15.5. The van der Waals surface area contributed by atoms with Gasteiger partial charge in [0, 0.05) is 13.2 Å². The molecule has 1 rings (SSSR count). The monoisotopic (exact) mass is 550 g/mol. The molecule has 6 nitrogen and oxygen atoms in total. The lowest BCUT2D eigenvalue weighted by Gasteiger charge is -2.17. The molecule has 0 aliphatic carbocycles. The largest absolute Gasteiger partial charge is 0.491 e. The number of aryl methyl sites for hydroxylation is 1. The van der Waals surface area contributed by atoms with Gasteiger partial charge in [-0.05, 0) is 51.3 Å². The predicted octanol–water partition coefficient (Wildman–Crippen LogP) is 8.33. The second-order valence-corrected chi connectivity index (χ2v) is 11.5. The number of methoxy groups -OCH3 is 1. The number of esters is 1. The average molecular weight is 551 g/mol. The summed E-state index contributed by atoms with van der Waals surface area (Å²) in [6.45, 7) is 10.9. The van der Waals surface area contributed by atoms with E-state index in [9.17, 15) is 4.79 Å². The van der Waals surface area contributed by atoms with E-state index in [1.54, 1.807) is 13.2 Å². The lowest BCUT2D eigenvalue weighted by Crippen LogP contribution is -2.25. The van der Waals surface area contributed by atoms with Gasteiger partial charge in [-0.1, -0.05) is 84.0 Å². The normalized spacial score (nSPS) is 11.6. The summed E-state index contributed by atoms with van der Waals surface area (Å²) in [5.41, 5.74) is 0.574. The van der Waals surface area contributed by atoms with Gasteiger partial charge in [-0.15, -0.1) is 0 Å². The Bertz CT molecular complexity index is 727. The Morgan fingerprint density at radius 2 is 1.13 bits per heavy atom. The molecular weight excluding hydrogens is 492 g/mol. The molecule has 0 fully saturated rings. The van der Waals surface area contributed by atoms with Crippen molar-refractivity contribution in [3.63, 3.8) is 0 Å². The molecule has 0 spiro atoms. The molecule has 0 aliphatic heterocycles. The van der Waals surface area contributed by atoms with Crippen LogP contribution in [0.15, 0.2) is 18.2 Å². The summed E-state index contributed by atoms with van der Waals surface area (Å²) in [6, 6.07) is 5.83. The van der Waals surface area contributed by atoms with Crippen LogP contribution in [0.25, 0.3) is 0 Å². The van der Waals surface area contributed by atoms with Crippen LogP contribution in [0.4, 0.5) is 0 Å². The molecule has 0 amide bonds. The molecule has 0 radical (unpaired) electrons. The van der Waals surface area contributed by atoms with Gasteiger partial charge in [-0.2, -0.15) is 0 Å². The Kier molecular flexibility index (Phi) is 21.0. The molecule has 0 unspecified atom stereocenters. The van der Waals surface area contributed by atoms with Crippen molar-refractivity contribution in [1.82, 2.24) is 0 Å². The van der Waals surface area contributed by atoms with Gasteiger partial charge in [0.2, 0.25) is 0 Å². The third kappa shape index (κ3) is 20.0. The van der Waals surface area contributed by atoms with Crippen LogP contribution in [0.1, 0.15) is 117 Å². The number of carbonyl (C=O) groups excluding carboxylic acids is 1. The summed E-state index contributed by atoms with van der Waals surface area (Å²) in [4.78, 5) is 12.5. The second-order valence-electron chi connectivity index (χ2n) is 11.5. The molecular formula is C33H58O6. The smallest absolute Gasteiger partial charge is 0.316 e. The highest BCUT2D eigenvalue weighted by atomic mass is 16.6. The summed E-state index contributed by atoms with van der Waals surface area (Å²) in [7, 11) is 1.65. The maximum Gasteiger partial charge on any atom is 0.316 e. The molecule has 0 saturated heterocycles. The number of hydrogen-bond acceptors (Lipinski definition) is 6. The van der Waals surface area contributed by atoms with Gasteiger partial charge in [-0.3, -0.25) is 4.79 Å². The van der Waals surface area contributed by atoms with Gasteiger partial charge in [-0.25, -0.2) is 0 Å². The maximum atomic E-state index is 12.5. The first-order chi connectivity index (χ1) is 18.9. The molecule has 0 aromatic heterocycles. The molecule has 0 bridgehead atoms. The first kappa shape index (κ1) is 35.4. The van der Waals surface area contributed by atoms with Crippen LogP contribution in [0.5, 0.6) is 11.5 Å². The number of ether oxygens (including phenoxy) is 5. The third-order valence-electron chi connectivity index (χ3n) is 6.63. The zero-order valence-corrected chi connectivity index (χ0v) is 25.8. The van der Waals surface area contributed by atoms with E-state index in [0.29, 0.717) is 51.1 Å². The molecule has 226 valence electrons. The number of carbonyl (C=O) groups is 1. The molecule has 1 aromatic rings. The highest BCUT2D eigenvalue weighted by Gasteiger charge is 2.24. The summed E-state index contributed by atoms with van der Waals surface area (Å²) in [6.07, 6.45) is 18.4. The van der Waals surface area contributed by atoms with Crippen LogP contribution in [-0.4, -0.2) is 52.7 Å². The molecule has 0 atom stereocenters. The van der Waals surface area contributed by atoms with E-state index in [1.807, 2.05) is 26.8 Å². The van der Waals surface area contributed by atoms with Crippen molar-refractivity contribution in [2.45, 2.75) is 118 Å². The number of benzene rings is 1. The third-order valence-corrected chi connectivity index (χ3v) is 6.63. The van der Waals surface area contributed by atoms with Gasteiger partial charge in [0.15, 0.2) is 0 Å². The molecule has 1 aromatic carbocycles. The number of unbranched alkanes of at least 4 members (excludes halogenated alkanes) is 12. The Labute approximate surface area is 239 Å². The zero-order valence-electron chi connectivity index (χ0n) is 25.8. The lowest BCUT2D eigenvalue weighted by molar-refractivity contribution is -0.143. The maximum absolute atomic E-state index is 12.5. The minimum Gasteiger partial charge on any atom is -0.491 e. The first-order valence-corrected chi connectivity index (χ1v) is 15.5. The van der Waals surface area contributed by atoms with Crippen LogP contribution in [0.2, 0.25) is 0 Å². The van der Waals surface area contributed by atoms with Crippen molar-refractivity contribution in [3.8, 4) is 11.5 Å². The zero-order chi connectivity index (χ0) is 28.6. The summed E-state index contributed by atoms with van der Waals surface area (Å²) in [5.74, 6) is 1.01. The summed E-state index contributed by atoms with van der Waals surface area (Å²) in [5, 5.41) is 0. The highest BCUT2D eigenvalue weighted by molar-refractivity contribution is 5.78. The van der Waals surface area contributed by atoms with E-state index < -0.39 is 5.41 Å². The minimum atomic E-state index is -0.564. The Morgan fingerprint density at radius 1 is 0.641 bits per heavy atom. The van der Waals surface area contributed by atoms with Crippen LogP contribution >= 0.6 is 0 Å².